The van der Waals surface area contributed by atoms with Crippen molar-refractivity contribution in [1.29, 1.82) is 0 Å². The Morgan fingerprint density at radius 3 is 1.16 bits per heavy atom. The van der Waals surface area contributed by atoms with Gasteiger partial charge in [0.05, 0.1) is 0 Å². The number of carbonyl (C=O) groups is 3. The van der Waals surface area contributed by atoms with Crippen LogP contribution in [0.3, 0.4) is 0 Å². The molecule has 0 aromatic rings. The monoisotopic (exact) mass is 624 g/mol. The van der Waals surface area contributed by atoms with Crippen LogP contribution in [0.2, 0.25) is 0 Å². The molecule has 6 nitrogen and oxygen atoms in total. The minimum Gasteiger partial charge on any atom is -0.459 e. The quantitative estimate of drug-likeness (QED) is 0.0447. The van der Waals surface area contributed by atoms with Crippen LogP contribution >= 0.6 is 0 Å². The van der Waals surface area contributed by atoms with Crippen LogP contribution in [0.1, 0.15) is 214 Å². The van der Waals surface area contributed by atoms with Gasteiger partial charge in [0.2, 0.25) is 11.6 Å². The smallest absolute Gasteiger partial charge is 0.304 e. The molecule has 0 aliphatic rings. The van der Waals surface area contributed by atoms with E-state index < -0.39 is 17.7 Å². The lowest BCUT2D eigenvalue weighted by atomic mass is 10.0. The molecule has 0 heterocycles. The maximum absolute atomic E-state index is 12.9. The molecule has 0 aromatic carbocycles. The van der Waals surface area contributed by atoms with Crippen LogP contribution in [-0.4, -0.2) is 30.2 Å². The molecule has 0 saturated carbocycles. The average Bonchev–Trinajstić information content (AvgIpc) is 2.98. The van der Waals surface area contributed by atoms with Crippen LogP contribution < -0.4 is 5.32 Å². The molecule has 0 fully saturated rings. The maximum atomic E-state index is 12.9. The Labute approximate surface area is 273 Å². The van der Waals surface area contributed by atoms with Crippen LogP contribution in [0, 0.1) is 0 Å². The Hall–Kier alpha value is -1.59. The normalized spacial score (nSPS) is 12.5. The van der Waals surface area contributed by atoms with E-state index in [0.717, 1.165) is 38.5 Å². The zero-order valence-electron chi connectivity index (χ0n) is 29.8. The van der Waals surface area contributed by atoms with Crippen molar-refractivity contribution in [3.8, 4) is 0 Å². The van der Waals surface area contributed by atoms with Gasteiger partial charge in [-0.3, -0.25) is 14.4 Å². The molecule has 1 atom stereocenters. The van der Waals surface area contributed by atoms with Gasteiger partial charge in [0.25, 0.3) is 0 Å². The van der Waals surface area contributed by atoms with E-state index in [2.05, 4.69) is 19.2 Å². The molecule has 1 N–H and O–H groups in total. The van der Waals surface area contributed by atoms with E-state index >= 15 is 0 Å². The Morgan fingerprint density at radius 2 is 0.818 bits per heavy atom. The summed E-state index contributed by atoms with van der Waals surface area (Å²) in [4.78, 5) is 36.5. The number of ether oxygens (including phenoxy) is 2. The first kappa shape index (κ1) is 42.4. The fourth-order valence-corrected chi connectivity index (χ4v) is 6.00. The lowest BCUT2D eigenvalue weighted by molar-refractivity contribution is -0.178. The molecule has 0 aromatic heterocycles. The molecule has 0 unspecified atom stereocenters. The Bertz CT molecular complexity index is 682. The molecule has 0 spiro atoms. The number of hydrogen-bond donors (Lipinski definition) is 1. The van der Waals surface area contributed by atoms with Crippen LogP contribution in [0.25, 0.3) is 0 Å². The molecule has 6 heteroatoms. The molecule has 0 bridgehead atoms. The third-order valence-electron chi connectivity index (χ3n) is 8.66. The van der Waals surface area contributed by atoms with E-state index in [1.54, 1.807) is 0 Å². The van der Waals surface area contributed by atoms with E-state index in [0.29, 0.717) is 12.8 Å². The third-order valence-corrected chi connectivity index (χ3v) is 8.66. The lowest BCUT2D eigenvalue weighted by Gasteiger charge is -2.33. The molecule has 0 rings (SSSR count). The predicted octanol–water partition coefficient (Wildman–Crippen LogP) is 11.3. The molecule has 0 aliphatic carbocycles. The SMILES string of the molecule is CCCCCCCCCCCCCCCCCC(=O)N[C@](CCCCCCCCCCCCCC)(COC(C)=O)OC(C)=O. The predicted molar refractivity (Wildman–Crippen MR) is 185 cm³/mol. The van der Waals surface area contributed by atoms with E-state index in [1.165, 1.54) is 149 Å². The molecule has 260 valence electrons. The van der Waals surface area contributed by atoms with Gasteiger partial charge >= 0.3 is 11.9 Å². The number of carbonyl (C=O) groups excluding carboxylic acids is 3. The molecular weight excluding hydrogens is 550 g/mol. The number of unbranched alkanes of at least 4 members (excludes halogenated alkanes) is 25. The summed E-state index contributed by atoms with van der Waals surface area (Å²) in [5.41, 5.74) is -1.29. The Balaban J connectivity index is 4.24. The van der Waals surface area contributed by atoms with Crippen molar-refractivity contribution < 1.29 is 23.9 Å². The zero-order chi connectivity index (χ0) is 32.6. The summed E-state index contributed by atoms with van der Waals surface area (Å²) < 4.78 is 10.9. The number of esters is 2. The van der Waals surface area contributed by atoms with Gasteiger partial charge in [0.15, 0.2) is 6.61 Å². The highest BCUT2D eigenvalue weighted by atomic mass is 16.6. The van der Waals surface area contributed by atoms with Crippen molar-refractivity contribution in [1.82, 2.24) is 5.32 Å². The molecule has 0 radical (unpaired) electrons. The second-order valence-corrected chi connectivity index (χ2v) is 13.3. The van der Waals surface area contributed by atoms with E-state index in [-0.39, 0.29) is 12.5 Å². The molecule has 44 heavy (non-hydrogen) atoms. The van der Waals surface area contributed by atoms with Crippen molar-refractivity contribution in [2.24, 2.45) is 0 Å². The van der Waals surface area contributed by atoms with Crippen molar-refractivity contribution in [2.75, 3.05) is 6.61 Å². The number of nitrogens with one attached hydrogen (secondary N) is 1. The summed E-state index contributed by atoms with van der Waals surface area (Å²) in [6.07, 6.45) is 34.7. The lowest BCUT2D eigenvalue weighted by Crippen LogP contribution is -2.55. The second kappa shape index (κ2) is 31.4. The number of rotatable bonds is 33. The van der Waals surface area contributed by atoms with Crippen LogP contribution in [0.4, 0.5) is 0 Å². The number of amides is 1. The van der Waals surface area contributed by atoms with Crippen LogP contribution in [-0.2, 0) is 23.9 Å². The van der Waals surface area contributed by atoms with Crippen molar-refractivity contribution >= 4 is 17.8 Å². The standard InChI is InChI=1S/C38H73NO5/c1-5-7-9-11-13-15-17-19-20-21-22-24-26-28-30-32-37(42)39-38(44-36(4)41,34-43-35(3)40)33-31-29-27-25-23-18-16-14-12-10-8-6-2/h5-34H2,1-4H3,(H,39,42)/t38-/m0/s1. The van der Waals surface area contributed by atoms with Gasteiger partial charge < -0.3 is 14.8 Å². The van der Waals surface area contributed by atoms with E-state index in [4.69, 9.17) is 9.47 Å². The van der Waals surface area contributed by atoms with Gasteiger partial charge in [0, 0.05) is 26.7 Å². The fraction of sp³-hybridized carbons (Fsp3) is 0.921. The number of hydrogen-bond acceptors (Lipinski definition) is 5. The van der Waals surface area contributed by atoms with Gasteiger partial charge in [-0.2, -0.15) is 0 Å². The summed E-state index contributed by atoms with van der Waals surface area (Å²) in [5, 5.41) is 2.95. The first-order chi connectivity index (χ1) is 21.3. The molecule has 1 amide bonds. The second-order valence-electron chi connectivity index (χ2n) is 13.3. The van der Waals surface area contributed by atoms with Crippen molar-refractivity contribution in [2.45, 2.75) is 220 Å². The molecular formula is C38H73NO5. The summed E-state index contributed by atoms with van der Waals surface area (Å²) >= 11 is 0. The van der Waals surface area contributed by atoms with Crippen molar-refractivity contribution in [3.63, 3.8) is 0 Å². The van der Waals surface area contributed by atoms with Gasteiger partial charge in [-0.1, -0.05) is 174 Å². The summed E-state index contributed by atoms with van der Waals surface area (Å²) in [6.45, 7) is 7.05. The van der Waals surface area contributed by atoms with Crippen LogP contribution in [0.5, 0.6) is 0 Å². The third kappa shape index (κ3) is 29.1. The van der Waals surface area contributed by atoms with Gasteiger partial charge in [-0.15, -0.1) is 0 Å². The largest absolute Gasteiger partial charge is 0.459 e. The fourth-order valence-electron chi connectivity index (χ4n) is 6.00. The average molecular weight is 624 g/mol. The van der Waals surface area contributed by atoms with Crippen LogP contribution in [0.15, 0.2) is 0 Å². The highest BCUT2D eigenvalue weighted by molar-refractivity contribution is 5.77. The summed E-state index contributed by atoms with van der Waals surface area (Å²) in [5.74, 6) is -1.08. The zero-order valence-corrected chi connectivity index (χ0v) is 29.8. The van der Waals surface area contributed by atoms with Gasteiger partial charge in [-0.05, 0) is 12.8 Å². The molecule has 0 aliphatic heterocycles. The maximum Gasteiger partial charge on any atom is 0.304 e. The topological polar surface area (TPSA) is 81.7 Å². The van der Waals surface area contributed by atoms with E-state index in [9.17, 15) is 14.4 Å². The highest BCUT2D eigenvalue weighted by Gasteiger charge is 2.36. The summed E-state index contributed by atoms with van der Waals surface area (Å²) in [6, 6.07) is 0. The first-order valence-electron chi connectivity index (χ1n) is 19.0. The highest BCUT2D eigenvalue weighted by Crippen LogP contribution is 2.21. The minimum atomic E-state index is -1.29. The summed E-state index contributed by atoms with van der Waals surface area (Å²) in [7, 11) is 0. The minimum absolute atomic E-state index is 0.146. The van der Waals surface area contributed by atoms with Gasteiger partial charge in [0.1, 0.15) is 0 Å². The van der Waals surface area contributed by atoms with E-state index in [1.807, 2.05) is 0 Å². The Kier molecular flexibility index (Phi) is 30.3. The molecule has 0 saturated heterocycles. The first-order valence-corrected chi connectivity index (χ1v) is 19.0. The van der Waals surface area contributed by atoms with Crippen molar-refractivity contribution in [3.05, 3.63) is 0 Å². The Morgan fingerprint density at radius 1 is 0.477 bits per heavy atom. The van der Waals surface area contributed by atoms with Gasteiger partial charge in [-0.25, -0.2) is 0 Å².